The normalized spacial score (nSPS) is 16.7. The number of nitrogens with zero attached hydrogens (tertiary/aromatic N) is 1. The second kappa shape index (κ2) is 17.8. The first-order chi connectivity index (χ1) is 25.0. The third kappa shape index (κ3) is 9.15. The number of phenols is 1. The predicted molar refractivity (Wildman–Crippen MR) is 207 cm³/mol. The number of carboxylic acids is 1. The molecule has 15 heteroatoms. The van der Waals surface area contributed by atoms with E-state index in [2.05, 4.69) is 20.5 Å². The van der Waals surface area contributed by atoms with Crippen molar-refractivity contribution in [2.45, 2.75) is 62.5 Å². The van der Waals surface area contributed by atoms with Gasteiger partial charge in [0.1, 0.15) is 5.75 Å². The Hall–Kier alpha value is -4.15. The Morgan fingerprint density at radius 2 is 1.74 bits per heavy atom. The van der Waals surface area contributed by atoms with E-state index in [9.17, 15) is 29.7 Å². The summed E-state index contributed by atoms with van der Waals surface area (Å²) in [4.78, 5) is 43.5. The maximum Gasteiger partial charge on any atom is 0.347 e. The molecule has 1 amide bonds. The molecule has 0 unspecified atom stereocenters. The third-order valence-corrected chi connectivity index (χ3v) is 11.8. The number of fused-ring (bicyclic) bond motifs is 1. The van der Waals surface area contributed by atoms with Crippen LogP contribution in [-0.2, 0) is 26.5 Å². The Morgan fingerprint density at radius 3 is 2.36 bits per heavy atom. The molecule has 53 heavy (non-hydrogen) atoms. The summed E-state index contributed by atoms with van der Waals surface area (Å²) in [5.74, 6) is -1.23. The first-order valence-electron chi connectivity index (χ1n) is 17.1. The fourth-order valence-corrected chi connectivity index (χ4v) is 8.83. The number of carbonyl (C=O) groups is 2. The smallest absolute Gasteiger partial charge is 0.347 e. The van der Waals surface area contributed by atoms with Gasteiger partial charge in [-0.15, -0.1) is 22.7 Å². The van der Waals surface area contributed by atoms with E-state index in [-0.39, 0.29) is 52.5 Å². The molecule has 0 saturated heterocycles. The maximum atomic E-state index is 12.9. The number of hydrogen-bond donors (Lipinski definition) is 6. The number of nitrogens with one attached hydrogen (secondary N) is 3. The highest BCUT2D eigenvalue weighted by molar-refractivity contribution is 7.12. The molecule has 1 atom stereocenters. The number of aromatic nitrogens is 1. The summed E-state index contributed by atoms with van der Waals surface area (Å²) in [6.45, 7) is 1.18. The molecule has 0 bridgehead atoms. The van der Waals surface area contributed by atoms with Gasteiger partial charge in [0.15, 0.2) is 0 Å². The Labute approximate surface area is 318 Å². The van der Waals surface area contributed by atoms with Gasteiger partial charge < -0.3 is 40.6 Å². The highest BCUT2D eigenvalue weighted by atomic mass is 35.5. The van der Waals surface area contributed by atoms with Crippen LogP contribution < -0.4 is 16.2 Å². The molecular weight excluding hydrogens is 743 g/mol. The molecule has 1 aliphatic rings. The number of pyridine rings is 1. The van der Waals surface area contributed by atoms with Crippen molar-refractivity contribution in [1.29, 1.82) is 0 Å². The lowest BCUT2D eigenvalue weighted by atomic mass is 9.90. The number of aliphatic carboxylic acids is 1. The van der Waals surface area contributed by atoms with Gasteiger partial charge in [-0.05, 0) is 91.0 Å². The van der Waals surface area contributed by atoms with Crippen molar-refractivity contribution in [3.05, 3.63) is 114 Å². The van der Waals surface area contributed by atoms with Crippen molar-refractivity contribution in [3.8, 4) is 5.75 Å². The van der Waals surface area contributed by atoms with Gasteiger partial charge in [-0.1, -0.05) is 35.9 Å². The molecular formula is C38H42ClFN4O7S2. The number of thiophene rings is 2. The van der Waals surface area contributed by atoms with Crippen molar-refractivity contribution in [1.82, 2.24) is 15.2 Å². The number of aromatic hydroxyl groups is 1. The predicted octanol–water partition coefficient (Wildman–Crippen LogP) is 6.60. The molecule has 6 N–H and O–H groups in total. The highest BCUT2D eigenvalue weighted by Crippen LogP contribution is 2.42. The summed E-state index contributed by atoms with van der Waals surface area (Å²) in [6, 6.07) is 19.0. The number of aliphatic hydroxyl groups excluding tert-OH is 1. The van der Waals surface area contributed by atoms with Gasteiger partial charge >= 0.3 is 5.97 Å². The lowest BCUT2D eigenvalue weighted by Gasteiger charge is -2.38. The summed E-state index contributed by atoms with van der Waals surface area (Å²) in [5.41, 5.74) is 0.362. The van der Waals surface area contributed by atoms with Gasteiger partial charge in [0.2, 0.25) is 17.1 Å². The number of carboxylic acid groups (broad SMARTS) is 1. The van der Waals surface area contributed by atoms with E-state index in [0.717, 1.165) is 31.2 Å². The van der Waals surface area contributed by atoms with Crippen LogP contribution in [0.25, 0.3) is 10.9 Å². The van der Waals surface area contributed by atoms with Crippen molar-refractivity contribution in [2.24, 2.45) is 0 Å². The number of rotatable bonds is 15. The number of hydrogen-bond acceptors (Lipinski definition) is 10. The van der Waals surface area contributed by atoms with E-state index in [4.69, 9.17) is 16.3 Å². The standard InChI is InChI=1S/C38H41ClN4O7S2.FH/c1-43(24-7-9-25(10-8-24)50-38(37(48)49,32-4-2-18-51-32)33-5-3-19-52-33)17-16-35(47)41-29-13-6-23(20-28(29)39)21-40-22-31(45)26-11-14-30(44)36-27(26)12-15-34(46)42-36;/h2-6,11-15,18-20,24-25,31,40,44-45H,7-10,16-17,21-22H2,1H3,(H,41,47)(H,42,46)(H,48,49);1H/t24-,25-,31-;/m0./s1. The molecule has 0 radical (unpaired) electrons. The highest BCUT2D eigenvalue weighted by Gasteiger charge is 2.48. The van der Waals surface area contributed by atoms with Crippen LogP contribution in [-0.4, -0.2) is 69.4 Å². The van der Waals surface area contributed by atoms with Gasteiger partial charge in [0.05, 0.1) is 38.2 Å². The Kier molecular flexibility index (Phi) is 13.4. The maximum absolute atomic E-state index is 12.9. The van der Waals surface area contributed by atoms with Crippen LogP contribution in [0.15, 0.2) is 82.3 Å². The molecule has 3 aromatic heterocycles. The minimum atomic E-state index is -1.52. The van der Waals surface area contributed by atoms with E-state index in [1.165, 1.54) is 34.8 Å². The number of phenolic OH excluding ortho intramolecular Hbond substituents is 1. The fraction of sp³-hybridized carbons (Fsp3) is 0.342. The minimum Gasteiger partial charge on any atom is -0.506 e. The van der Waals surface area contributed by atoms with Crippen LogP contribution in [0.2, 0.25) is 5.02 Å². The number of H-pyrrole nitrogens is 1. The third-order valence-electron chi connectivity index (χ3n) is 9.58. The lowest BCUT2D eigenvalue weighted by molar-refractivity contribution is -0.170. The topological polar surface area (TPSA) is 164 Å². The molecule has 6 rings (SSSR count). The zero-order chi connectivity index (χ0) is 36.8. The number of carbonyl (C=O) groups excluding carboxylic acids is 1. The largest absolute Gasteiger partial charge is 0.506 e. The second-order valence-electron chi connectivity index (χ2n) is 13.0. The van der Waals surface area contributed by atoms with E-state index in [1.54, 1.807) is 24.3 Å². The second-order valence-corrected chi connectivity index (χ2v) is 15.3. The zero-order valence-corrected chi connectivity index (χ0v) is 31.3. The number of anilines is 1. The summed E-state index contributed by atoms with van der Waals surface area (Å²) < 4.78 is 6.51. The van der Waals surface area contributed by atoms with Crippen LogP contribution in [0.5, 0.6) is 5.75 Å². The molecule has 1 saturated carbocycles. The van der Waals surface area contributed by atoms with Gasteiger partial charge in [-0.2, -0.15) is 0 Å². The average molecular weight is 785 g/mol. The number of amides is 1. The van der Waals surface area contributed by atoms with Gasteiger partial charge in [-0.25, -0.2) is 4.79 Å². The van der Waals surface area contributed by atoms with Crippen LogP contribution in [0.3, 0.4) is 0 Å². The van der Waals surface area contributed by atoms with Crippen LogP contribution in [0, 0.1) is 0 Å². The monoisotopic (exact) mass is 784 g/mol. The van der Waals surface area contributed by atoms with Crippen molar-refractivity contribution >= 4 is 62.7 Å². The molecule has 3 heterocycles. The summed E-state index contributed by atoms with van der Waals surface area (Å²) in [5, 5.41) is 42.2. The molecule has 282 valence electrons. The number of benzene rings is 2. The lowest BCUT2D eigenvalue weighted by Crippen LogP contribution is -2.44. The summed E-state index contributed by atoms with van der Waals surface area (Å²) in [6.07, 6.45) is 2.29. The summed E-state index contributed by atoms with van der Waals surface area (Å²) in [7, 11) is 2.01. The first-order valence-corrected chi connectivity index (χ1v) is 19.2. The molecule has 11 nitrogen and oxygen atoms in total. The van der Waals surface area contributed by atoms with Crippen LogP contribution in [0.4, 0.5) is 10.4 Å². The molecule has 5 aromatic rings. The molecule has 2 aromatic carbocycles. The van der Waals surface area contributed by atoms with Gasteiger partial charge in [-0.3, -0.25) is 14.3 Å². The Morgan fingerprint density at radius 1 is 1.04 bits per heavy atom. The van der Waals surface area contributed by atoms with Crippen molar-refractivity contribution < 1.29 is 34.3 Å². The zero-order valence-electron chi connectivity index (χ0n) is 28.9. The Bertz CT molecular complexity index is 2020. The Balaban J connectivity index is 0.00000541. The molecule has 1 aliphatic carbocycles. The van der Waals surface area contributed by atoms with E-state index in [0.29, 0.717) is 44.5 Å². The van der Waals surface area contributed by atoms with Crippen molar-refractivity contribution in [2.75, 3.05) is 25.5 Å². The van der Waals surface area contributed by atoms with Crippen LogP contribution in [0.1, 0.15) is 59.1 Å². The first kappa shape index (κ1) is 40.0. The number of aliphatic hydroxyl groups is 1. The molecule has 1 fully saturated rings. The SMILES string of the molecule is CN(CCC(=O)Nc1ccc(CNC[C@H](O)c2ccc(O)c3[nH]c(=O)ccc23)cc1Cl)[C@H]1CC[C@H](OC(C(=O)O)(c2cccs2)c2cccs2)CC1.F. The van der Waals surface area contributed by atoms with E-state index in [1.807, 2.05) is 48.1 Å². The number of ether oxygens (including phenoxy) is 1. The summed E-state index contributed by atoms with van der Waals surface area (Å²) >= 11 is 9.30. The minimum absolute atomic E-state index is 0. The number of aromatic amines is 1. The molecule has 0 spiro atoms. The van der Waals surface area contributed by atoms with Crippen molar-refractivity contribution in [3.63, 3.8) is 0 Å². The van der Waals surface area contributed by atoms with E-state index >= 15 is 0 Å². The van der Waals surface area contributed by atoms with Gasteiger partial charge in [0, 0.05) is 43.5 Å². The van der Waals surface area contributed by atoms with E-state index < -0.39 is 17.7 Å². The van der Waals surface area contributed by atoms with Gasteiger partial charge in [0.25, 0.3) is 0 Å². The number of halogens is 2. The fourth-order valence-electron chi connectivity index (χ4n) is 6.77. The van der Waals surface area contributed by atoms with Crippen LogP contribution >= 0.6 is 34.3 Å². The quantitative estimate of drug-likeness (QED) is 0.0687. The molecule has 0 aliphatic heterocycles. The average Bonchev–Trinajstić information content (AvgIpc) is 3.88.